The minimum atomic E-state index is -0.233. The molecule has 2 fully saturated rings. The monoisotopic (exact) mass is 291 g/mol. The number of fused-ring (bicyclic) bond motifs is 1. The molecule has 1 heterocycles. The molecular formula is C17H22FNO2. The summed E-state index contributed by atoms with van der Waals surface area (Å²) < 4.78 is 18.7. The lowest BCUT2D eigenvalue weighted by Crippen LogP contribution is -2.54. The van der Waals surface area contributed by atoms with Crippen LogP contribution in [-0.4, -0.2) is 36.1 Å². The molecule has 2 atom stereocenters. The van der Waals surface area contributed by atoms with Crippen molar-refractivity contribution in [2.75, 3.05) is 13.2 Å². The number of morpholine rings is 1. The second kappa shape index (κ2) is 6.56. The Hall–Kier alpha value is -1.42. The number of ether oxygens (including phenoxy) is 1. The molecule has 0 N–H and O–H groups in total. The van der Waals surface area contributed by atoms with Crippen LogP contribution in [0.25, 0.3) is 0 Å². The van der Waals surface area contributed by atoms with Gasteiger partial charge in [-0.15, -0.1) is 0 Å². The molecule has 3 rings (SSSR count). The van der Waals surface area contributed by atoms with E-state index in [4.69, 9.17) is 4.74 Å². The van der Waals surface area contributed by atoms with E-state index in [0.29, 0.717) is 26.0 Å². The molecule has 2 unspecified atom stereocenters. The summed E-state index contributed by atoms with van der Waals surface area (Å²) in [5.41, 5.74) is 1.01. The molecule has 0 spiro atoms. The Kier molecular flexibility index (Phi) is 4.54. The number of amides is 1. The highest BCUT2D eigenvalue weighted by Gasteiger charge is 2.36. The lowest BCUT2D eigenvalue weighted by atomic mass is 9.90. The zero-order chi connectivity index (χ0) is 14.7. The second-order valence-corrected chi connectivity index (χ2v) is 5.97. The summed E-state index contributed by atoms with van der Waals surface area (Å²) in [5, 5.41) is 0. The van der Waals surface area contributed by atoms with E-state index in [0.717, 1.165) is 18.4 Å². The van der Waals surface area contributed by atoms with Gasteiger partial charge >= 0.3 is 0 Å². The van der Waals surface area contributed by atoms with Gasteiger partial charge in [0.15, 0.2) is 0 Å². The van der Waals surface area contributed by atoms with Crippen molar-refractivity contribution in [3.8, 4) is 0 Å². The van der Waals surface area contributed by atoms with Gasteiger partial charge in [0, 0.05) is 13.0 Å². The van der Waals surface area contributed by atoms with Crippen molar-refractivity contribution in [3.63, 3.8) is 0 Å². The normalized spacial score (nSPS) is 25.5. The van der Waals surface area contributed by atoms with Gasteiger partial charge in [0.05, 0.1) is 18.8 Å². The number of hydrogen-bond donors (Lipinski definition) is 0. The van der Waals surface area contributed by atoms with E-state index in [1.54, 1.807) is 12.1 Å². The highest BCUT2D eigenvalue weighted by Crippen LogP contribution is 2.28. The van der Waals surface area contributed by atoms with Gasteiger partial charge < -0.3 is 9.64 Å². The Morgan fingerprint density at radius 3 is 2.81 bits per heavy atom. The van der Waals surface area contributed by atoms with Crippen LogP contribution < -0.4 is 0 Å². The minimum absolute atomic E-state index is 0.208. The SMILES string of the molecule is O=C(CCc1ccc(F)cc1)N1CCOC2CCCCC21. The van der Waals surface area contributed by atoms with Crippen LogP contribution in [-0.2, 0) is 16.0 Å². The summed E-state index contributed by atoms with van der Waals surface area (Å²) >= 11 is 0. The lowest BCUT2D eigenvalue weighted by Gasteiger charge is -2.43. The highest BCUT2D eigenvalue weighted by atomic mass is 19.1. The average Bonchev–Trinajstić information content (AvgIpc) is 2.53. The fourth-order valence-corrected chi connectivity index (χ4v) is 3.45. The van der Waals surface area contributed by atoms with E-state index in [-0.39, 0.29) is 23.9 Å². The van der Waals surface area contributed by atoms with Crippen LogP contribution in [0, 0.1) is 5.82 Å². The summed E-state index contributed by atoms with van der Waals surface area (Å²) in [6, 6.07) is 6.68. The van der Waals surface area contributed by atoms with Crippen LogP contribution in [0.1, 0.15) is 37.7 Å². The Bertz CT molecular complexity index is 486. The number of hydrogen-bond acceptors (Lipinski definition) is 2. The molecule has 1 aliphatic heterocycles. The molecule has 3 nitrogen and oxygen atoms in total. The van der Waals surface area contributed by atoms with Crippen LogP contribution in [0.2, 0.25) is 0 Å². The number of carbonyl (C=O) groups is 1. The average molecular weight is 291 g/mol. The predicted octanol–water partition coefficient (Wildman–Crippen LogP) is 2.93. The van der Waals surface area contributed by atoms with E-state index in [2.05, 4.69) is 0 Å². The number of rotatable bonds is 3. The van der Waals surface area contributed by atoms with Gasteiger partial charge in [-0.3, -0.25) is 4.79 Å². The number of benzene rings is 1. The highest BCUT2D eigenvalue weighted by molar-refractivity contribution is 5.77. The maximum Gasteiger partial charge on any atom is 0.223 e. The first-order chi connectivity index (χ1) is 10.2. The fraction of sp³-hybridized carbons (Fsp3) is 0.588. The van der Waals surface area contributed by atoms with Gasteiger partial charge in [-0.1, -0.05) is 25.0 Å². The largest absolute Gasteiger partial charge is 0.374 e. The molecule has 0 aromatic heterocycles. The third-order valence-corrected chi connectivity index (χ3v) is 4.59. The molecule has 0 bridgehead atoms. The van der Waals surface area contributed by atoms with E-state index in [9.17, 15) is 9.18 Å². The summed E-state index contributed by atoms with van der Waals surface area (Å²) in [6.07, 6.45) is 5.94. The maximum absolute atomic E-state index is 12.9. The number of carbonyl (C=O) groups excluding carboxylic acids is 1. The van der Waals surface area contributed by atoms with Crippen LogP contribution >= 0.6 is 0 Å². The summed E-state index contributed by atoms with van der Waals surface area (Å²) in [6.45, 7) is 1.37. The molecule has 1 saturated carbocycles. The maximum atomic E-state index is 12.9. The van der Waals surface area contributed by atoms with Gasteiger partial charge in [0.25, 0.3) is 0 Å². The van der Waals surface area contributed by atoms with Crippen molar-refractivity contribution < 1.29 is 13.9 Å². The summed E-state index contributed by atoms with van der Waals surface area (Å²) in [4.78, 5) is 14.5. The third kappa shape index (κ3) is 3.43. The molecule has 0 radical (unpaired) electrons. The van der Waals surface area contributed by atoms with E-state index < -0.39 is 0 Å². The number of nitrogens with zero attached hydrogens (tertiary/aromatic N) is 1. The van der Waals surface area contributed by atoms with Crippen LogP contribution in [0.3, 0.4) is 0 Å². The number of aryl methyl sites for hydroxylation is 1. The van der Waals surface area contributed by atoms with Crippen LogP contribution in [0.4, 0.5) is 4.39 Å². The molecule has 1 aromatic carbocycles. The molecular weight excluding hydrogens is 269 g/mol. The van der Waals surface area contributed by atoms with Crippen molar-refractivity contribution in [2.24, 2.45) is 0 Å². The Balaban J connectivity index is 1.57. The molecule has 1 saturated heterocycles. The smallest absolute Gasteiger partial charge is 0.223 e. The van der Waals surface area contributed by atoms with Gasteiger partial charge in [-0.25, -0.2) is 4.39 Å². The standard InChI is InChI=1S/C17H22FNO2/c18-14-8-5-13(6-9-14)7-10-17(20)19-11-12-21-16-4-2-1-3-15(16)19/h5-6,8-9,15-16H,1-4,7,10-12H2. The lowest BCUT2D eigenvalue weighted by molar-refractivity contribution is -0.149. The van der Waals surface area contributed by atoms with E-state index in [1.165, 1.54) is 25.0 Å². The van der Waals surface area contributed by atoms with E-state index >= 15 is 0 Å². The van der Waals surface area contributed by atoms with Gasteiger partial charge in [0.2, 0.25) is 5.91 Å². The Morgan fingerprint density at radius 1 is 1.24 bits per heavy atom. The Labute approximate surface area is 125 Å². The first-order valence-corrected chi connectivity index (χ1v) is 7.89. The summed E-state index contributed by atoms with van der Waals surface area (Å²) in [5.74, 6) is -0.0252. The second-order valence-electron chi connectivity index (χ2n) is 5.97. The first-order valence-electron chi connectivity index (χ1n) is 7.89. The topological polar surface area (TPSA) is 29.5 Å². The van der Waals surface area contributed by atoms with Crippen molar-refractivity contribution in [2.45, 2.75) is 50.7 Å². The quantitative estimate of drug-likeness (QED) is 0.857. The van der Waals surface area contributed by atoms with Gasteiger partial charge in [-0.05, 0) is 37.0 Å². The van der Waals surface area contributed by atoms with E-state index in [1.807, 2.05) is 4.90 Å². The number of halogens is 1. The molecule has 1 aliphatic carbocycles. The third-order valence-electron chi connectivity index (χ3n) is 4.59. The van der Waals surface area contributed by atoms with Crippen molar-refractivity contribution in [3.05, 3.63) is 35.6 Å². The minimum Gasteiger partial charge on any atom is -0.374 e. The fourth-order valence-electron chi connectivity index (χ4n) is 3.45. The molecule has 1 amide bonds. The van der Waals surface area contributed by atoms with Crippen LogP contribution in [0.15, 0.2) is 24.3 Å². The van der Waals surface area contributed by atoms with Crippen molar-refractivity contribution >= 4 is 5.91 Å². The first kappa shape index (κ1) is 14.5. The van der Waals surface area contributed by atoms with Crippen molar-refractivity contribution in [1.82, 2.24) is 4.90 Å². The summed E-state index contributed by atoms with van der Waals surface area (Å²) in [7, 11) is 0. The van der Waals surface area contributed by atoms with Crippen molar-refractivity contribution in [1.29, 1.82) is 0 Å². The molecule has 2 aliphatic rings. The Morgan fingerprint density at radius 2 is 2.00 bits per heavy atom. The van der Waals surface area contributed by atoms with Gasteiger partial charge in [0.1, 0.15) is 5.82 Å². The molecule has 1 aromatic rings. The predicted molar refractivity (Wildman–Crippen MR) is 78.4 cm³/mol. The molecule has 114 valence electrons. The molecule has 21 heavy (non-hydrogen) atoms. The zero-order valence-electron chi connectivity index (χ0n) is 12.3. The van der Waals surface area contributed by atoms with Crippen LogP contribution in [0.5, 0.6) is 0 Å². The van der Waals surface area contributed by atoms with Gasteiger partial charge in [-0.2, -0.15) is 0 Å². The zero-order valence-corrected chi connectivity index (χ0v) is 12.3. The molecule has 4 heteroatoms.